The summed E-state index contributed by atoms with van der Waals surface area (Å²) in [6.45, 7) is 0. The Morgan fingerprint density at radius 3 is 2.68 bits per heavy atom. The van der Waals surface area contributed by atoms with E-state index in [0.29, 0.717) is 5.75 Å². The van der Waals surface area contributed by atoms with Gasteiger partial charge in [0.2, 0.25) is 0 Å². The van der Waals surface area contributed by atoms with Crippen molar-refractivity contribution in [3.05, 3.63) is 29.6 Å². The molecule has 0 radical (unpaired) electrons. The molecule has 0 aliphatic heterocycles. The Balaban J connectivity index is 2.13. The fourth-order valence-electron chi connectivity index (χ4n) is 2.34. The second-order valence-electron chi connectivity index (χ2n) is 4.49. The Morgan fingerprint density at radius 2 is 2.00 bits per heavy atom. The van der Waals surface area contributed by atoms with E-state index < -0.39 is 11.8 Å². The molecule has 5 heteroatoms. The summed E-state index contributed by atoms with van der Waals surface area (Å²) >= 11 is 0. The number of hydrogen-bond acceptors (Lipinski definition) is 4. The van der Waals surface area contributed by atoms with Crippen molar-refractivity contribution < 1.29 is 23.4 Å². The SMILES string of the molecule is COc1ccc(F)cc1C(=O)O[C@H]1CCC[C@@H]1OC. The van der Waals surface area contributed by atoms with Gasteiger partial charge in [0, 0.05) is 7.11 Å². The molecule has 0 unspecified atom stereocenters. The first-order valence-corrected chi connectivity index (χ1v) is 6.23. The first-order valence-electron chi connectivity index (χ1n) is 6.23. The van der Waals surface area contributed by atoms with Crippen molar-refractivity contribution >= 4 is 5.97 Å². The minimum atomic E-state index is -0.578. The molecule has 0 bridgehead atoms. The van der Waals surface area contributed by atoms with Crippen LogP contribution < -0.4 is 4.74 Å². The Labute approximate surface area is 111 Å². The van der Waals surface area contributed by atoms with Crippen LogP contribution in [0.4, 0.5) is 4.39 Å². The summed E-state index contributed by atoms with van der Waals surface area (Å²) in [7, 11) is 3.02. The molecule has 1 aliphatic carbocycles. The molecule has 1 fully saturated rings. The predicted molar refractivity (Wildman–Crippen MR) is 66.8 cm³/mol. The number of hydrogen-bond donors (Lipinski definition) is 0. The van der Waals surface area contributed by atoms with E-state index in [-0.39, 0.29) is 17.8 Å². The highest BCUT2D eigenvalue weighted by molar-refractivity contribution is 5.92. The molecular formula is C14H17FO4. The van der Waals surface area contributed by atoms with E-state index in [9.17, 15) is 9.18 Å². The second kappa shape index (κ2) is 6.02. The smallest absolute Gasteiger partial charge is 0.342 e. The molecule has 0 amide bonds. The Hall–Kier alpha value is -1.62. The van der Waals surface area contributed by atoms with Gasteiger partial charge in [0.25, 0.3) is 0 Å². The molecule has 2 rings (SSSR count). The third-order valence-electron chi connectivity index (χ3n) is 3.33. The minimum Gasteiger partial charge on any atom is -0.496 e. The van der Waals surface area contributed by atoms with Crippen molar-refractivity contribution in [2.24, 2.45) is 0 Å². The van der Waals surface area contributed by atoms with Gasteiger partial charge in [-0.1, -0.05) is 0 Å². The van der Waals surface area contributed by atoms with E-state index in [2.05, 4.69) is 0 Å². The fraction of sp³-hybridized carbons (Fsp3) is 0.500. The maximum atomic E-state index is 13.2. The number of esters is 1. The summed E-state index contributed by atoms with van der Waals surface area (Å²) in [6.07, 6.45) is 2.24. The van der Waals surface area contributed by atoms with Crippen LogP contribution in [0.15, 0.2) is 18.2 Å². The van der Waals surface area contributed by atoms with Crippen LogP contribution in [-0.2, 0) is 9.47 Å². The Morgan fingerprint density at radius 1 is 1.26 bits per heavy atom. The van der Waals surface area contributed by atoms with Crippen LogP contribution in [0.5, 0.6) is 5.75 Å². The number of rotatable bonds is 4. The van der Waals surface area contributed by atoms with Gasteiger partial charge in [0.1, 0.15) is 23.2 Å². The van der Waals surface area contributed by atoms with Crippen molar-refractivity contribution in [1.29, 1.82) is 0 Å². The van der Waals surface area contributed by atoms with Gasteiger partial charge in [-0.25, -0.2) is 9.18 Å². The highest BCUT2D eigenvalue weighted by Crippen LogP contribution is 2.27. The fourth-order valence-corrected chi connectivity index (χ4v) is 2.34. The maximum absolute atomic E-state index is 13.2. The van der Waals surface area contributed by atoms with E-state index in [4.69, 9.17) is 14.2 Å². The molecule has 0 spiro atoms. The quantitative estimate of drug-likeness (QED) is 0.787. The van der Waals surface area contributed by atoms with E-state index in [0.717, 1.165) is 25.3 Å². The monoisotopic (exact) mass is 268 g/mol. The van der Waals surface area contributed by atoms with E-state index in [1.165, 1.54) is 19.2 Å². The van der Waals surface area contributed by atoms with Crippen LogP contribution in [0.2, 0.25) is 0 Å². The zero-order chi connectivity index (χ0) is 13.8. The average molecular weight is 268 g/mol. The van der Waals surface area contributed by atoms with Gasteiger partial charge in [0.05, 0.1) is 13.2 Å². The zero-order valence-corrected chi connectivity index (χ0v) is 11.0. The van der Waals surface area contributed by atoms with Crippen molar-refractivity contribution in [2.75, 3.05) is 14.2 Å². The summed E-state index contributed by atoms with van der Waals surface area (Å²) in [4.78, 5) is 12.1. The summed E-state index contributed by atoms with van der Waals surface area (Å²) in [5.41, 5.74) is 0.101. The van der Waals surface area contributed by atoms with Crippen LogP contribution in [0, 0.1) is 5.82 Å². The predicted octanol–water partition coefficient (Wildman–Crippen LogP) is 2.56. The number of halogens is 1. The van der Waals surface area contributed by atoms with E-state index in [1.807, 2.05) is 0 Å². The van der Waals surface area contributed by atoms with Crippen molar-refractivity contribution in [1.82, 2.24) is 0 Å². The van der Waals surface area contributed by atoms with Crippen LogP contribution in [0.25, 0.3) is 0 Å². The molecule has 4 nitrogen and oxygen atoms in total. The molecular weight excluding hydrogens is 251 g/mol. The van der Waals surface area contributed by atoms with Crippen LogP contribution >= 0.6 is 0 Å². The summed E-state index contributed by atoms with van der Waals surface area (Å²) in [5, 5.41) is 0. The number of carbonyl (C=O) groups is 1. The first-order chi connectivity index (χ1) is 9.15. The summed E-state index contributed by atoms with van der Waals surface area (Å²) in [5.74, 6) is -0.772. The van der Waals surface area contributed by atoms with Gasteiger partial charge in [-0.05, 0) is 37.5 Å². The average Bonchev–Trinajstić information content (AvgIpc) is 2.85. The third-order valence-corrected chi connectivity index (χ3v) is 3.33. The van der Waals surface area contributed by atoms with Gasteiger partial charge in [-0.3, -0.25) is 0 Å². The molecule has 1 saturated carbocycles. The van der Waals surface area contributed by atoms with Crippen LogP contribution in [0.3, 0.4) is 0 Å². The second-order valence-corrected chi connectivity index (χ2v) is 4.49. The van der Waals surface area contributed by atoms with E-state index >= 15 is 0 Å². The molecule has 0 aromatic heterocycles. The summed E-state index contributed by atoms with van der Waals surface area (Å²) < 4.78 is 28.9. The number of methoxy groups -OCH3 is 2. The molecule has 104 valence electrons. The lowest BCUT2D eigenvalue weighted by molar-refractivity contribution is -0.0208. The maximum Gasteiger partial charge on any atom is 0.342 e. The standard InChI is InChI=1S/C14H17FO4/c1-17-11-7-6-9(15)8-10(11)14(16)19-13-5-3-4-12(13)18-2/h6-8,12-13H,3-5H2,1-2H3/t12-,13-/m0/s1. The normalized spacial score (nSPS) is 22.3. The molecule has 2 atom stereocenters. The van der Waals surface area contributed by atoms with Crippen molar-refractivity contribution in [3.8, 4) is 5.75 Å². The zero-order valence-electron chi connectivity index (χ0n) is 11.0. The first kappa shape index (κ1) is 13.8. The Bertz CT molecular complexity index is 461. The third kappa shape index (κ3) is 3.04. The molecule has 1 aliphatic rings. The van der Waals surface area contributed by atoms with Gasteiger partial charge in [-0.15, -0.1) is 0 Å². The highest BCUT2D eigenvalue weighted by atomic mass is 19.1. The van der Waals surface area contributed by atoms with Gasteiger partial charge in [0.15, 0.2) is 0 Å². The number of ether oxygens (including phenoxy) is 3. The number of benzene rings is 1. The van der Waals surface area contributed by atoms with Crippen molar-refractivity contribution in [3.63, 3.8) is 0 Å². The molecule has 19 heavy (non-hydrogen) atoms. The highest BCUT2D eigenvalue weighted by Gasteiger charge is 2.31. The molecule has 0 N–H and O–H groups in total. The minimum absolute atomic E-state index is 0.0801. The van der Waals surface area contributed by atoms with E-state index in [1.54, 1.807) is 7.11 Å². The lowest BCUT2D eigenvalue weighted by Crippen LogP contribution is -2.27. The lowest BCUT2D eigenvalue weighted by atomic mass is 10.2. The molecule has 1 aromatic rings. The van der Waals surface area contributed by atoms with Gasteiger partial charge >= 0.3 is 5.97 Å². The molecule has 0 heterocycles. The molecule has 0 saturated heterocycles. The molecule has 1 aromatic carbocycles. The van der Waals surface area contributed by atoms with Crippen molar-refractivity contribution in [2.45, 2.75) is 31.5 Å². The largest absolute Gasteiger partial charge is 0.496 e. The summed E-state index contributed by atoms with van der Waals surface area (Å²) in [6, 6.07) is 3.77. The van der Waals surface area contributed by atoms with Gasteiger partial charge < -0.3 is 14.2 Å². The van der Waals surface area contributed by atoms with Crippen LogP contribution in [-0.4, -0.2) is 32.4 Å². The van der Waals surface area contributed by atoms with Crippen LogP contribution in [0.1, 0.15) is 29.6 Å². The van der Waals surface area contributed by atoms with Gasteiger partial charge in [-0.2, -0.15) is 0 Å². The topological polar surface area (TPSA) is 44.8 Å². The number of carbonyl (C=O) groups excluding carboxylic acids is 1. The Kier molecular flexibility index (Phi) is 4.37. The lowest BCUT2D eigenvalue weighted by Gasteiger charge is -2.19.